The second kappa shape index (κ2) is 10.7. The number of nitrogens with zero attached hydrogens (tertiary/aromatic N) is 1. The third-order valence-electron chi connectivity index (χ3n) is 7.11. The number of hydrogen-bond donors (Lipinski definition) is 1. The molecule has 4 rings (SSSR count). The van der Waals surface area contributed by atoms with Crippen LogP contribution in [-0.2, 0) is 21.2 Å². The highest BCUT2D eigenvalue weighted by molar-refractivity contribution is 7.92. The van der Waals surface area contributed by atoms with Gasteiger partial charge in [-0.15, -0.1) is 0 Å². The number of anilines is 1. The Morgan fingerprint density at radius 2 is 1.85 bits per heavy atom. The van der Waals surface area contributed by atoms with E-state index in [9.17, 15) is 13.5 Å². The van der Waals surface area contributed by atoms with Crippen molar-refractivity contribution in [3.8, 4) is 5.75 Å². The van der Waals surface area contributed by atoms with Crippen LogP contribution < -0.4 is 9.04 Å². The van der Waals surface area contributed by atoms with Gasteiger partial charge in [-0.1, -0.05) is 51.1 Å². The van der Waals surface area contributed by atoms with Crippen molar-refractivity contribution in [2.75, 3.05) is 24.1 Å². The minimum absolute atomic E-state index is 0.188. The molecular weight excluding hydrogens is 450 g/mol. The lowest BCUT2D eigenvalue weighted by molar-refractivity contribution is 0.0493. The smallest absolute Gasteiger partial charge is 0.266 e. The average Bonchev–Trinajstić information content (AvgIpc) is 2.86. The summed E-state index contributed by atoms with van der Waals surface area (Å²) in [5.41, 5.74) is 1.48. The first-order chi connectivity index (χ1) is 16.3. The number of sulfonamides is 1. The second-order valence-corrected chi connectivity index (χ2v) is 11.6. The van der Waals surface area contributed by atoms with Crippen LogP contribution in [-0.4, -0.2) is 39.4 Å². The molecule has 2 atom stereocenters. The van der Waals surface area contributed by atoms with Crippen LogP contribution in [0.15, 0.2) is 42.5 Å². The summed E-state index contributed by atoms with van der Waals surface area (Å²) in [5.74, 6) is 1.15. The Labute approximate surface area is 203 Å². The van der Waals surface area contributed by atoms with Gasteiger partial charge >= 0.3 is 0 Å². The zero-order valence-corrected chi connectivity index (χ0v) is 21.3. The highest BCUT2D eigenvalue weighted by Gasteiger charge is 2.40. The van der Waals surface area contributed by atoms with E-state index in [0.717, 1.165) is 44.5 Å². The van der Waals surface area contributed by atoms with E-state index in [-0.39, 0.29) is 11.6 Å². The van der Waals surface area contributed by atoms with Gasteiger partial charge in [-0.2, -0.15) is 0 Å². The van der Waals surface area contributed by atoms with E-state index in [0.29, 0.717) is 36.3 Å². The first-order valence-electron chi connectivity index (χ1n) is 12.5. The monoisotopic (exact) mass is 487 g/mol. The van der Waals surface area contributed by atoms with Gasteiger partial charge in [-0.05, 0) is 67.2 Å². The highest BCUT2D eigenvalue weighted by atomic mass is 32.2. The molecule has 1 fully saturated rings. The van der Waals surface area contributed by atoms with E-state index < -0.39 is 15.5 Å². The van der Waals surface area contributed by atoms with Crippen molar-refractivity contribution in [3.63, 3.8) is 0 Å². The molecule has 0 bridgehead atoms. The number of rotatable bonds is 8. The molecule has 2 aromatic rings. The average molecular weight is 488 g/mol. The number of fused-ring (bicyclic) bond motifs is 1. The summed E-state index contributed by atoms with van der Waals surface area (Å²) in [6.45, 7) is 8.19. The van der Waals surface area contributed by atoms with Gasteiger partial charge in [0.25, 0.3) is 10.0 Å². The third-order valence-corrected chi connectivity index (χ3v) is 8.98. The van der Waals surface area contributed by atoms with E-state index in [1.54, 1.807) is 24.3 Å². The van der Waals surface area contributed by atoms with Crippen LogP contribution >= 0.6 is 0 Å². The van der Waals surface area contributed by atoms with Crippen LogP contribution in [0.1, 0.15) is 74.5 Å². The number of aryl methyl sites for hydroxylation is 1. The van der Waals surface area contributed by atoms with Crippen molar-refractivity contribution in [1.29, 1.82) is 0 Å². The third kappa shape index (κ3) is 5.11. The molecule has 0 aromatic heterocycles. The summed E-state index contributed by atoms with van der Waals surface area (Å²) >= 11 is 0. The molecule has 0 spiro atoms. The summed E-state index contributed by atoms with van der Waals surface area (Å²) in [5, 5.41) is 11.3. The maximum absolute atomic E-state index is 13.9. The van der Waals surface area contributed by atoms with Crippen molar-refractivity contribution in [2.45, 2.75) is 70.3 Å². The van der Waals surface area contributed by atoms with Crippen LogP contribution in [0.3, 0.4) is 0 Å². The topological polar surface area (TPSA) is 76.1 Å². The van der Waals surface area contributed by atoms with Gasteiger partial charge in [0.15, 0.2) is 0 Å². The fourth-order valence-corrected chi connectivity index (χ4v) is 6.79. The number of hydrogen-bond acceptors (Lipinski definition) is 5. The van der Waals surface area contributed by atoms with Crippen molar-refractivity contribution in [2.24, 2.45) is 5.92 Å². The minimum atomic E-state index is -4.10. The summed E-state index contributed by atoms with van der Waals surface area (Å²) in [6.07, 6.45) is 4.09. The Hall–Kier alpha value is -2.09. The first kappa shape index (κ1) is 25.0. The molecule has 0 aliphatic carbocycles. The van der Waals surface area contributed by atoms with Crippen molar-refractivity contribution >= 4 is 15.7 Å². The molecular formula is C27H37NO5S. The predicted molar refractivity (Wildman–Crippen MR) is 135 cm³/mol. The van der Waals surface area contributed by atoms with Crippen LogP contribution in [0.5, 0.6) is 5.75 Å². The molecule has 0 amide bonds. The van der Waals surface area contributed by atoms with E-state index in [2.05, 4.69) is 19.9 Å². The SMILES string of the molecule is CCC1CCc2cc(C(C)C)ccc2N1S(=O)(=O)C(O)c1ccccc1OCC1CCOCC1. The van der Waals surface area contributed by atoms with E-state index in [1.807, 2.05) is 19.1 Å². The number of ether oxygens (including phenoxy) is 2. The van der Waals surface area contributed by atoms with Crippen LogP contribution in [0.25, 0.3) is 0 Å². The van der Waals surface area contributed by atoms with E-state index >= 15 is 0 Å². The first-order valence-corrected chi connectivity index (χ1v) is 14.0. The molecule has 34 heavy (non-hydrogen) atoms. The fourth-order valence-electron chi connectivity index (χ4n) is 4.94. The normalized spacial score (nSPS) is 20.3. The summed E-state index contributed by atoms with van der Waals surface area (Å²) in [6, 6.07) is 12.8. The molecule has 2 unspecified atom stereocenters. The second-order valence-electron chi connectivity index (χ2n) is 9.74. The largest absolute Gasteiger partial charge is 0.493 e. The molecule has 6 nitrogen and oxygen atoms in total. The Morgan fingerprint density at radius 3 is 2.56 bits per heavy atom. The Balaban J connectivity index is 1.64. The molecule has 2 aliphatic rings. The Kier molecular flexibility index (Phi) is 7.85. The van der Waals surface area contributed by atoms with Crippen molar-refractivity contribution < 1.29 is 23.0 Å². The predicted octanol–water partition coefficient (Wildman–Crippen LogP) is 5.17. The van der Waals surface area contributed by atoms with Gasteiger partial charge in [-0.3, -0.25) is 4.31 Å². The van der Waals surface area contributed by atoms with E-state index in [1.165, 1.54) is 9.87 Å². The van der Waals surface area contributed by atoms with Gasteiger partial charge in [0.2, 0.25) is 5.44 Å². The lowest BCUT2D eigenvalue weighted by atomic mass is 9.92. The van der Waals surface area contributed by atoms with Gasteiger partial charge in [-0.25, -0.2) is 8.42 Å². The zero-order valence-electron chi connectivity index (χ0n) is 20.4. The van der Waals surface area contributed by atoms with Crippen LogP contribution in [0.4, 0.5) is 5.69 Å². The molecule has 2 aliphatic heterocycles. The Morgan fingerprint density at radius 1 is 1.12 bits per heavy atom. The molecule has 2 aromatic carbocycles. The van der Waals surface area contributed by atoms with Crippen molar-refractivity contribution in [1.82, 2.24) is 0 Å². The van der Waals surface area contributed by atoms with Gasteiger partial charge in [0.1, 0.15) is 5.75 Å². The lowest BCUT2D eigenvalue weighted by Crippen LogP contribution is -2.45. The number of para-hydroxylation sites is 1. The maximum Gasteiger partial charge on any atom is 0.266 e. The Bertz CT molecular complexity index is 1080. The summed E-state index contributed by atoms with van der Waals surface area (Å²) in [7, 11) is -4.10. The molecule has 0 radical (unpaired) electrons. The molecule has 186 valence electrons. The number of aliphatic hydroxyl groups is 1. The maximum atomic E-state index is 13.9. The zero-order chi connectivity index (χ0) is 24.3. The van der Waals surface area contributed by atoms with Gasteiger partial charge in [0.05, 0.1) is 12.3 Å². The van der Waals surface area contributed by atoms with Crippen molar-refractivity contribution in [3.05, 3.63) is 59.2 Å². The van der Waals surface area contributed by atoms with Gasteiger partial charge in [0, 0.05) is 24.8 Å². The molecule has 1 saturated heterocycles. The molecule has 1 N–H and O–H groups in total. The quantitative estimate of drug-likeness (QED) is 0.556. The van der Waals surface area contributed by atoms with Crippen LogP contribution in [0.2, 0.25) is 0 Å². The highest BCUT2D eigenvalue weighted by Crippen LogP contribution is 2.40. The lowest BCUT2D eigenvalue weighted by Gasteiger charge is -2.39. The number of aliphatic hydroxyl groups excluding tert-OH is 1. The molecule has 2 heterocycles. The minimum Gasteiger partial charge on any atom is -0.493 e. The number of benzene rings is 2. The fraction of sp³-hybridized carbons (Fsp3) is 0.556. The summed E-state index contributed by atoms with van der Waals surface area (Å²) < 4.78 is 40.7. The van der Waals surface area contributed by atoms with E-state index in [4.69, 9.17) is 9.47 Å². The van der Waals surface area contributed by atoms with Crippen LogP contribution in [0, 0.1) is 5.92 Å². The molecule has 0 saturated carbocycles. The summed E-state index contributed by atoms with van der Waals surface area (Å²) in [4.78, 5) is 0. The van der Waals surface area contributed by atoms with Gasteiger partial charge < -0.3 is 14.6 Å². The standard InChI is InChI=1S/C27H37NO5S/c1-4-23-11-9-22-17-21(19(2)3)10-12-25(22)28(23)34(30,31)27(29)24-7-5-6-8-26(24)33-18-20-13-15-32-16-14-20/h5-8,10,12,17,19-20,23,27,29H,4,9,11,13-16,18H2,1-3H3. The molecule has 7 heteroatoms.